The molecule has 0 bridgehead atoms. The number of alkyl carbamates (subject to hydrolysis) is 2. The normalized spacial score (nSPS) is 15.4. The molecule has 97 heavy (non-hydrogen) atoms. The molecule has 0 heterocycles. The minimum Gasteiger partial charge on any atom is -0.445 e. The first-order chi connectivity index (χ1) is 45.1. The maximum absolute atomic E-state index is 14.5. The highest BCUT2D eigenvalue weighted by atomic mass is 19.2. The number of carbonyl (C=O) groups is 11. The van der Waals surface area contributed by atoms with Crippen LogP contribution in [-0.4, -0.2) is 202 Å². The number of ether oxygens (including phenoxy) is 3. The summed E-state index contributed by atoms with van der Waals surface area (Å²) in [6.45, 7) is 11.4. The van der Waals surface area contributed by atoms with Crippen LogP contribution >= 0.6 is 0 Å². The zero-order valence-corrected chi connectivity index (χ0v) is 54.9. The summed E-state index contributed by atoms with van der Waals surface area (Å²) in [6.07, 6.45) is -10.2. The van der Waals surface area contributed by atoms with Crippen molar-refractivity contribution in [3.05, 3.63) is 65.0 Å². The van der Waals surface area contributed by atoms with Crippen LogP contribution in [-0.2, 0) is 59.2 Å². The van der Waals surface area contributed by atoms with Crippen LogP contribution in [0.2, 0.25) is 0 Å². The number of rotatable bonds is 38. The molecule has 0 aliphatic heterocycles. The average Bonchev–Trinajstić information content (AvgIpc) is 0.800. The number of aliphatic hydroxyl groups excluding tert-OH is 5. The van der Waals surface area contributed by atoms with Gasteiger partial charge in [0.05, 0.1) is 31.4 Å². The van der Waals surface area contributed by atoms with Crippen molar-refractivity contribution >= 4 is 71.4 Å². The Hall–Kier alpha value is -9.11. The number of nitrogens with two attached hydrogens (primary N) is 3. The van der Waals surface area contributed by atoms with E-state index in [1.54, 1.807) is 80.5 Å². The number of guanidine groups is 1. The fourth-order valence-corrected chi connectivity index (χ4v) is 8.59. The smallest absolute Gasteiger partial charge is 0.408 e. The Morgan fingerprint density at radius 2 is 1.18 bits per heavy atom. The topological polar surface area (TPSA) is 527 Å². The van der Waals surface area contributed by atoms with Gasteiger partial charge >= 0.3 is 18.2 Å². The number of esters is 1. The van der Waals surface area contributed by atoms with Crippen LogP contribution in [0.4, 0.5) is 31.5 Å². The monoisotopic (exact) mass is 1390 g/mol. The zero-order valence-electron chi connectivity index (χ0n) is 54.9. The number of benzene rings is 2. The summed E-state index contributed by atoms with van der Waals surface area (Å²) in [5.74, 6) is -29.1. The highest BCUT2D eigenvalue weighted by Crippen LogP contribution is 2.29. The maximum atomic E-state index is 14.5. The summed E-state index contributed by atoms with van der Waals surface area (Å²) < 4.78 is 85.4. The highest BCUT2D eigenvalue weighted by molar-refractivity contribution is 5.98. The number of halogens is 5. The summed E-state index contributed by atoms with van der Waals surface area (Å²) in [5, 5.41) is 76.5. The van der Waals surface area contributed by atoms with Gasteiger partial charge in [0.2, 0.25) is 82.1 Å². The van der Waals surface area contributed by atoms with Gasteiger partial charge in [0.1, 0.15) is 60.7 Å². The van der Waals surface area contributed by atoms with Crippen LogP contribution in [0.25, 0.3) is 0 Å². The third kappa shape index (κ3) is 27.9. The van der Waals surface area contributed by atoms with Crippen LogP contribution in [0.1, 0.15) is 100 Å². The molecular formula is C59H89F5N14O19. The van der Waals surface area contributed by atoms with Gasteiger partial charge in [0, 0.05) is 13.1 Å². The van der Waals surface area contributed by atoms with Gasteiger partial charge in [-0.05, 0) is 70.3 Å². The SMILES string of the molecule is CC[C@H](C)[C@H](NC(=O)[C@@H](CCCN=C(N)N)NC(=O)[C@H](CC(C)C)NC(=O)C(NC(=O)OC(C)(C)C)[C@H](O)C(C)C)C(O)NC(C(=O)NCC(=O)N[C@H](C(=O)N[C@@H](CO)C(=O)NC[C@H](NC(=O)OCc1ccccc1)C(=O)Oc1c(F)c(F)c(F)c(F)c1F)[C@H](O)C(N)=O)[C@H](C)O. The molecule has 2 rings (SSSR count). The molecule has 3 unspecified atom stereocenters. The Bertz CT molecular complexity index is 3050. The molecule has 0 aliphatic carbocycles. The number of hydrogen-bond acceptors (Lipinski definition) is 21. The summed E-state index contributed by atoms with van der Waals surface area (Å²) in [6, 6.07) is -6.94. The van der Waals surface area contributed by atoms with Crippen molar-refractivity contribution in [2.45, 2.75) is 180 Å². The molecule has 0 saturated heterocycles. The summed E-state index contributed by atoms with van der Waals surface area (Å²) >= 11 is 0. The van der Waals surface area contributed by atoms with Crippen molar-refractivity contribution in [2.75, 3.05) is 26.2 Å². The maximum Gasteiger partial charge on any atom is 0.408 e. The summed E-state index contributed by atoms with van der Waals surface area (Å²) in [4.78, 5) is 151. The van der Waals surface area contributed by atoms with Crippen molar-refractivity contribution in [2.24, 2.45) is 39.9 Å². The van der Waals surface area contributed by atoms with Gasteiger partial charge in [-0.1, -0.05) is 78.3 Å². The molecule has 33 nitrogen and oxygen atoms in total. The third-order valence-electron chi connectivity index (χ3n) is 14.0. The molecule has 2 aromatic carbocycles. The lowest BCUT2D eigenvalue weighted by Gasteiger charge is -2.34. The van der Waals surface area contributed by atoms with E-state index in [2.05, 4.69) is 41.6 Å². The number of aliphatic imine (C=N–C) groups is 1. The molecule has 0 radical (unpaired) electrons. The number of aliphatic hydroxyl groups is 5. The molecular weight excluding hydrogens is 1300 g/mol. The van der Waals surface area contributed by atoms with Gasteiger partial charge in [-0.25, -0.2) is 27.6 Å². The van der Waals surface area contributed by atoms with E-state index >= 15 is 0 Å². The van der Waals surface area contributed by atoms with E-state index in [0.29, 0.717) is 5.56 Å². The second-order valence-corrected chi connectivity index (χ2v) is 24.0. The van der Waals surface area contributed by atoms with Crippen LogP contribution < -0.4 is 75.1 Å². The number of primary amides is 1. The third-order valence-corrected chi connectivity index (χ3v) is 14.0. The van der Waals surface area contributed by atoms with E-state index in [1.165, 1.54) is 12.1 Å². The lowest BCUT2D eigenvalue weighted by atomic mass is 9.95. The largest absolute Gasteiger partial charge is 0.445 e. The molecule has 0 saturated carbocycles. The first-order valence-electron chi connectivity index (χ1n) is 30.4. The van der Waals surface area contributed by atoms with Gasteiger partial charge in [0.15, 0.2) is 12.1 Å². The van der Waals surface area contributed by atoms with Crippen LogP contribution in [0.15, 0.2) is 35.3 Å². The van der Waals surface area contributed by atoms with Gasteiger partial charge in [0.25, 0.3) is 0 Å². The highest BCUT2D eigenvalue weighted by Gasteiger charge is 2.40. The van der Waals surface area contributed by atoms with Gasteiger partial charge in [-0.15, -0.1) is 0 Å². The number of nitrogens with zero attached hydrogens (tertiary/aromatic N) is 1. The molecule has 21 N–H and O–H groups in total. The lowest BCUT2D eigenvalue weighted by molar-refractivity contribution is -0.140. The molecule has 0 spiro atoms. The summed E-state index contributed by atoms with van der Waals surface area (Å²) in [7, 11) is 0. The van der Waals surface area contributed by atoms with Crippen molar-refractivity contribution in [3.8, 4) is 5.75 Å². The first-order valence-corrected chi connectivity index (χ1v) is 30.4. The zero-order chi connectivity index (χ0) is 73.9. The minimum absolute atomic E-state index is 0.0264. The van der Waals surface area contributed by atoms with E-state index in [1.807, 2.05) is 21.3 Å². The van der Waals surface area contributed by atoms with Crippen LogP contribution in [0, 0.1) is 46.8 Å². The Morgan fingerprint density at radius 1 is 0.619 bits per heavy atom. The number of carbonyl (C=O) groups excluding carboxylic acids is 11. The fourth-order valence-electron chi connectivity index (χ4n) is 8.59. The van der Waals surface area contributed by atoms with E-state index in [4.69, 9.17) is 26.7 Å². The van der Waals surface area contributed by atoms with E-state index in [0.717, 1.165) is 6.92 Å². The van der Waals surface area contributed by atoms with Gasteiger partial charge < -0.3 is 105 Å². The van der Waals surface area contributed by atoms with Crippen molar-refractivity contribution < 1.29 is 114 Å². The first kappa shape index (κ1) is 84.0. The molecule has 2 aromatic rings. The second kappa shape index (κ2) is 39.8. The van der Waals surface area contributed by atoms with Gasteiger partial charge in [-0.3, -0.25) is 48.7 Å². The van der Waals surface area contributed by atoms with E-state index in [-0.39, 0.29) is 44.1 Å². The molecule has 0 fully saturated rings. The van der Waals surface area contributed by atoms with Crippen molar-refractivity contribution in [3.63, 3.8) is 0 Å². The minimum atomic E-state index is -2.64. The molecule has 0 aromatic heterocycles. The van der Waals surface area contributed by atoms with Crippen molar-refractivity contribution in [1.82, 2.24) is 53.2 Å². The standard InChI is InChI=1S/C59H89F5N14O19/c1-11-27(6)40(76-49(86)30(18-15-19-68-56(66)67)71-50(87)31(20-25(2)3)72-53(90)42(44(82)26(4)5)78-58(94)97-59(8,9)10)52(89)77-41(28(7)80)51(88)70-22-34(81)75-43(45(83)47(65)84)54(91)73-33(23-79)48(85)69-21-32(74-57(93)95-24-29-16-13-12-14-17-29)55(92)96-46-38(63)36(61)35(60)37(62)39(46)64/h12-14,16-17,25-28,30-33,40-45,52,77,79-80,82-83,89H,11,15,18-24H2,1-10H3,(H2,65,84)(H,69,85)(H,70,88)(H,71,87)(H,72,90)(H,73,91)(H,74,93)(H,75,81)(H,76,86)(H,78,94)(H4,66,67,68)/t27-,28-,30+,31-,32-,33-,40-,41?,42?,43-,44+,45-,52?/m0/s1. The molecule has 13 atom stereocenters. The van der Waals surface area contributed by atoms with Crippen LogP contribution in [0.3, 0.4) is 0 Å². The fraction of sp³-hybridized carbons (Fsp3) is 0.593. The predicted molar refractivity (Wildman–Crippen MR) is 331 cm³/mol. The summed E-state index contributed by atoms with van der Waals surface area (Å²) in [5.41, 5.74) is 15.6. The van der Waals surface area contributed by atoms with Crippen LogP contribution in [0.5, 0.6) is 5.75 Å². The average molecular weight is 1390 g/mol. The molecule has 544 valence electrons. The predicted octanol–water partition coefficient (Wildman–Crippen LogP) is -3.21. The lowest BCUT2D eigenvalue weighted by Crippen LogP contribution is -2.64. The Kier molecular flexibility index (Phi) is 34.5. The Balaban J connectivity index is 2.35. The number of nitrogens with one attached hydrogen (secondary N) is 10. The Labute approximate surface area is 554 Å². The quantitative estimate of drug-likeness (QED) is 0.00362. The van der Waals surface area contributed by atoms with E-state index < -0.39 is 217 Å². The number of amides is 10. The van der Waals surface area contributed by atoms with Gasteiger partial charge in [-0.2, -0.15) is 8.78 Å². The second-order valence-electron chi connectivity index (χ2n) is 24.0. The molecule has 10 amide bonds. The Morgan fingerprint density at radius 3 is 1.70 bits per heavy atom. The molecule has 0 aliphatic rings. The van der Waals surface area contributed by atoms with Crippen molar-refractivity contribution in [1.29, 1.82) is 0 Å². The molecule has 38 heteroatoms. The van der Waals surface area contributed by atoms with E-state index in [9.17, 15) is 100 Å². The number of hydrogen-bond donors (Lipinski definition) is 18.